The molecule has 0 radical (unpaired) electrons. The SMILES string of the molecule is CC.Cc1cc(CCCC(N)CF)cc(OC(F)(F)F)c1F. The molecule has 22 heavy (non-hydrogen) atoms. The Bertz CT molecular complexity index is 448. The number of halogens is 5. The van der Waals surface area contributed by atoms with Crippen LogP contribution in [0.2, 0.25) is 0 Å². The summed E-state index contributed by atoms with van der Waals surface area (Å²) in [7, 11) is 0. The molecule has 1 atom stereocenters. The lowest BCUT2D eigenvalue weighted by atomic mass is 10.0. The van der Waals surface area contributed by atoms with E-state index >= 15 is 0 Å². The first kappa shape index (κ1) is 20.6. The molecule has 0 aliphatic heterocycles. The Kier molecular flexibility index (Phi) is 9.01. The third-order valence-electron chi connectivity index (χ3n) is 2.75. The van der Waals surface area contributed by atoms with E-state index < -0.39 is 30.6 Å². The molecule has 0 bridgehead atoms. The van der Waals surface area contributed by atoms with Crippen LogP contribution in [0.3, 0.4) is 0 Å². The number of alkyl halides is 4. The van der Waals surface area contributed by atoms with E-state index in [0.717, 1.165) is 6.07 Å². The molecule has 0 aliphatic rings. The predicted molar refractivity (Wildman–Crippen MR) is 76.1 cm³/mol. The van der Waals surface area contributed by atoms with E-state index in [-0.39, 0.29) is 5.56 Å². The van der Waals surface area contributed by atoms with Crippen LogP contribution in [-0.4, -0.2) is 19.1 Å². The standard InChI is InChI=1S/C13H16F5NO.C2H6/c1-8-5-9(3-2-4-10(19)7-14)6-11(12(8)15)20-13(16,17)18;1-2/h5-6,10H,2-4,7,19H2,1H3;1-2H3. The average Bonchev–Trinajstić information content (AvgIpc) is 2.44. The van der Waals surface area contributed by atoms with Crippen molar-refractivity contribution in [2.75, 3.05) is 6.67 Å². The van der Waals surface area contributed by atoms with Crippen molar-refractivity contribution in [1.29, 1.82) is 0 Å². The van der Waals surface area contributed by atoms with Gasteiger partial charge in [0.2, 0.25) is 0 Å². The molecule has 0 aliphatic carbocycles. The second-order valence-electron chi connectivity index (χ2n) is 4.58. The Morgan fingerprint density at radius 3 is 2.32 bits per heavy atom. The zero-order chi connectivity index (χ0) is 17.3. The fraction of sp³-hybridized carbons (Fsp3) is 0.600. The molecule has 0 amide bonds. The van der Waals surface area contributed by atoms with E-state index in [1.54, 1.807) is 0 Å². The Balaban J connectivity index is 0.00000211. The van der Waals surface area contributed by atoms with Crippen LogP contribution in [0.15, 0.2) is 12.1 Å². The van der Waals surface area contributed by atoms with Crippen molar-refractivity contribution < 1.29 is 26.7 Å². The van der Waals surface area contributed by atoms with Gasteiger partial charge in [0.05, 0.1) is 0 Å². The number of hydrogen-bond donors (Lipinski definition) is 1. The molecule has 7 heteroatoms. The highest BCUT2D eigenvalue weighted by Crippen LogP contribution is 2.29. The van der Waals surface area contributed by atoms with Crippen molar-refractivity contribution in [1.82, 2.24) is 0 Å². The minimum atomic E-state index is -4.94. The first-order valence-corrected chi connectivity index (χ1v) is 7.09. The third kappa shape index (κ3) is 7.59. The summed E-state index contributed by atoms with van der Waals surface area (Å²) in [5.74, 6) is -1.88. The van der Waals surface area contributed by atoms with Gasteiger partial charge in [0.1, 0.15) is 6.67 Å². The van der Waals surface area contributed by atoms with Crippen molar-refractivity contribution in [3.05, 3.63) is 29.1 Å². The zero-order valence-electron chi connectivity index (χ0n) is 12.9. The lowest BCUT2D eigenvalue weighted by Gasteiger charge is -2.13. The molecule has 2 nitrogen and oxygen atoms in total. The molecule has 1 aromatic carbocycles. The van der Waals surface area contributed by atoms with E-state index in [9.17, 15) is 22.0 Å². The molecular weight excluding hydrogens is 305 g/mol. The molecular formula is C15H22F5NO. The first-order valence-electron chi connectivity index (χ1n) is 7.09. The lowest BCUT2D eigenvalue weighted by molar-refractivity contribution is -0.275. The Labute approximate surface area is 127 Å². The highest BCUT2D eigenvalue weighted by molar-refractivity contribution is 5.36. The molecule has 0 saturated heterocycles. The Morgan fingerprint density at radius 2 is 1.82 bits per heavy atom. The van der Waals surface area contributed by atoms with Crippen molar-refractivity contribution >= 4 is 0 Å². The normalized spacial score (nSPS) is 12.4. The van der Waals surface area contributed by atoms with Crippen molar-refractivity contribution in [2.45, 2.75) is 52.4 Å². The summed E-state index contributed by atoms with van der Waals surface area (Å²) < 4.78 is 65.7. The van der Waals surface area contributed by atoms with Crippen molar-refractivity contribution in [2.24, 2.45) is 5.73 Å². The van der Waals surface area contributed by atoms with E-state index in [0.29, 0.717) is 24.8 Å². The van der Waals surface area contributed by atoms with Crippen LogP contribution in [0.4, 0.5) is 22.0 Å². The molecule has 0 heterocycles. The summed E-state index contributed by atoms with van der Waals surface area (Å²) >= 11 is 0. The fourth-order valence-corrected chi connectivity index (χ4v) is 1.80. The highest BCUT2D eigenvalue weighted by Gasteiger charge is 2.32. The predicted octanol–water partition coefficient (Wildman–Crippen LogP) is 4.68. The minimum Gasteiger partial charge on any atom is -0.403 e. The topological polar surface area (TPSA) is 35.2 Å². The van der Waals surface area contributed by atoms with Gasteiger partial charge in [0.25, 0.3) is 0 Å². The maximum Gasteiger partial charge on any atom is 0.573 e. The smallest absolute Gasteiger partial charge is 0.403 e. The fourth-order valence-electron chi connectivity index (χ4n) is 1.80. The lowest BCUT2D eigenvalue weighted by Crippen LogP contribution is -2.22. The Morgan fingerprint density at radius 1 is 1.23 bits per heavy atom. The van der Waals surface area contributed by atoms with E-state index in [1.165, 1.54) is 13.0 Å². The van der Waals surface area contributed by atoms with E-state index in [2.05, 4.69) is 4.74 Å². The molecule has 1 aromatic rings. The molecule has 0 spiro atoms. The van der Waals surface area contributed by atoms with E-state index in [4.69, 9.17) is 5.73 Å². The molecule has 1 rings (SSSR count). The van der Waals surface area contributed by atoms with Crippen molar-refractivity contribution in [3.63, 3.8) is 0 Å². The molecule has 0 fully saturated rings. The highest BCUT2D eigenvalue weighted by atomic mass is 19.4. The van der Waals surface area contributed by atoms with Crippen LogP contribution in [0.1, 0.15) is 37.8 Å². The van der Waals surface area contributed by atoms with Gasteiger partial charge >= 0.3 is 6.36 Å². The molecule has 2 N–H and O–H groups in total. The van der Waals surface area contributed by atoms with Crippen LogP contribution in [0.25, 0.3) is 0 Å². The van der Waals surface area contributed by atoms with Gasteiger partial charge in [0.15, 0.2) is 11.6 Å². The Hall–Kier alpha value is -1.37. The van der Waals surface area contributed by atoms with Crippen molar-refractivity contribution in [3.8, 4) is 5.75 Å². The quantitative estimate of drug-likeness (QED) is 0.770. The van der Waals surface area contributed by atoms with Gasteiger partial charge in [-0.2, -0.15) is 0 Å². The zero-order valence-corrected chi connectivity index (χ0v) is 12.9. The average molecular weight is 327 g/mol. The van der Waals surface area contributed by atoms with Gasteiger partial charge in [-0.15, -0.1) is 13.2 Å². The number of ether oxygens (including phenoxy) is 1. The second-order valence-corrected chi connectivity index (χ2v) is 4.58. The van der Waals surface area contributed by atoms with Gasteiger partial charge < -0.3 is 10.5 Å². The monoisotopic (exact) mass is 327 g/mol. The third-order valence-corrected chi connectivity index (χ3v) is 2.75. The summed E-state index contributed by atoms with van der Waals surface area (Å²) in [6.45, 7) is 4.71. The summed E-state index contributed by atoms with van der Waals surface area (Å²) in [6.07, 6.45) is -3.66. The number of benzene rings is 1. The number of hydrogen-bond acceptors (Lipinski definition) is 2. The van der Waals surface area contributed by atoms with Crippen LogP contribution >= 0.6 is 0 Å². The maximum atomic E-state index is 13.5. The van der Waals surface area contributed by atoms with Gasteiger partial charge in [-0.1, -0.05) is 19.9 Å². The molecule has 0 saturated carbocycles. The molecule has 0 aromatic heterocycles. The number of nitrogens with two attached hydrogens (primary N) is 1. The summed E-state index contributed by atoms with van der Waals surface area (Å²) in [5, 5.41) is 0. The second kappa shape index (κ2) is 9.61. The van der Waals surface area contributed by atoms with Crippen LogP contribution in [0, 0.1) is 12.7 Å². The summed E-state index contributed by atoms with van der Waals surface area (Å²) in [6, 6.07) is 1.87. The molecule has 128 valence electrons. The number of rotatable bonds is 6. The van der Waals surface area contributed by atoms with Gasteiger partial charge in [-0.3, -0.25) is 0 Å². The molecule has 1 unspecified atom stereocenters. The van der Waals surface area contributed by atoms with Crippen LogP contribution in [0.5, 0.6) is 5.75 Å². The summed E-state index contributed by atoms with van der Waals surface area (Å²) in [4.78, 5) is 0. The first-order chi connectivity index (χ1) is 10.2. The van der Waals surface area contributed by atoms with Gasteiger partial charge in [-0.25, -0.2) is 8.78 Å². The summed E-state index contributed by atoms with van der Waals surface area (Å²) in [5.41, 5.74) is 5.96. The van der Waals surface area contributed by atoms with Crippen LogP contribution < -0.4 is 10.5 Å². The van der Waals surface area contributed by atoms with Gasteiger partial charge in [0, 0.05) is 6.04 Å². The number of aryl methyl sites for hydroxylation is 2. The van der Waals surface area contributed by atoms with E-state index in [1.807, 2.05) is 13.8 Å². The van der Waals surface area contributed by atoms with Crippen LogP contribution in [-0.2, 0) is 6.42 Å². The largest absolute Gasteiger partial charge is 0.573 e. The minimum absolute atomic E-state index is 0.0662. The van der Waals surface area contributed by atoms with Gasteiger partial charge in [-0.05, 0) is 43.4 Å². The maximum absolute atomic E-state index is 13.5.